The predicted molar refractivity (Wildman–Crippen MR) is 86.5 cm³/mol. The fourth-order valence-electron chi connectivity index (χ4n) is 1.73. The molecule has 0 aliphatic carbocycles. The summed E-state index contributed by atoms with van der Waals surface area (Å²) in [5, 5.41) is 0. The molecule has 2 N–H and O–H groups in total. The molecule has 0 spiro atoms. The summed E-state index contributed by atoms with van der Waals surface area (Å²) >= 11 is 0. The molecule has 0 radical (unpaired) electrons. The Morgan fingerprint density at radius 2 is 1.95 bits per heavy atom. The Morgan fingerprint density at radius 3 is 2.52 bits per heavy atom. The fourth-order valence-corrected chi connectivity index (χ4v) is 1.73. The lowest BCUT2D eigenvalue weighted by atomic mass is 9.98. The van der Waals surface area contributed by atoms with Gasteiger partial charge in [-0.1, -0.05) is 13.8 Å². The molecule has 1 atom stereocenters. The van der Waals surface area contributed by atoms with Crippen molar-refractivity contribution in [3.8, 4) is 11.6 Å². The maximum absolute atomic E-state index is 6.09. The standard InChI is InChI=1S/C15H26N2O3.ClH/c1-11(2)13(16)8-12-9-14(15(19-4)17-10-12)20-7-5-6-18-3;/h9-11,13H,5-8,16H2,1-4H3;1H/t13-;/m0./s1. The van der Waals surface area contributed by atoms with Gasteiger partial charge in [0.05, 0.1) is 13.7 Å². The number of ether oxygens (including phenoxy) is 3. The zero-order valence-electron chi connectivity index (χ0n) is 13.3. The van der Waals surface area contributed by atoms with Crippen LogP contribution in [0.5, 0.6) is 11.6 Å². The minimum atomic E-state index is 0. The number of methoxy groups -OCH3 is 2. The molecule has 122 valence electrons. The molecule has 1 aromatic rings. The highest BCUT2D eigenvalue weighted by atomic mass is 35.5. The SMILES string of the molecule is COCCCOc1cc(C[C@H](N)C(C)C)cnc1OC.Cl. The summed E-state index contributed by atoms with van der Waals surface area (Å²) in [6.45, 7) is 5.48. The Balaban J connectivity index is 0.00000400. The summed E-state index contributed by atoms with van der Waals surface area (Å²) in [5.74, 6) is 1.60. The van der Waals surface area contributed by atoms with E-state index in [1.54, 1.807) is 20.4 Å². The van der Waals surface area contributed by atoms with E-state index < -0.39 is 0 Å². The van der Waals surface area contributed by atoms with E-state index in [0.29, 0.717) is 30.8 Å². The zero-order valence-corrected chi connectivity index (χ0v) is 14.1. The van der Waals surface area contributed by atoms with Gasteiger partial charge in [-0.25, -0.2) is 4.98 Å². The minimum absolute atomic E-state index is 0. The molecule has 0 unspecified atom stereocenters. The monoisotopic (exact) mass is 318 g/mol. The second-order valence-electron chi connectivity index (χ2n) is 5.16. The van der Waals surface area contributed by atoms with Crippen LogP contribution in [-0.4, -0.2) is 38.5 Å². The van der Waals surface area contributed by atoms with Crippen molar-refractivity contribution in [2.45, 2.75) is 32.7 Å². The maximum Gasteiger partial charge on any atom is 0.256 e. The molecule has 0 saturated carbocycles. The highest BCUT2D eigenvalue weighted by molar-refractivity contribution is 5.85. The van der Waals surface area contributed by atoms with Crippen molar-refractivity contribution in [2.24, 2.45) is 11.7 Å². The summed E-state index contributed by atoms with van der Waals surface area (Å²) in [6.07, 6.45) is 3.40. The zero-order chi connectivity index (χ0) is 15.0. The van der Waals surface area contributed by atoms with Crippen LogP contribution in [0.3, 0.4) is 0 Å². The number of hydrogen-bond donors (Lipinski definition) is 1. The molecule has 0 amide bonds. The van der Waals surface area contributed by atoms with E-state index in [2.05, 4.69) is 18.8 Å². The lowest BCUT2D eigenvalue weighted by Crippen LogP contribution is -2.28. The van der Waals surface area contributed by atoms with Gasteiger partial charge >= 0.3 is 0 Å². The summed E-state index contributed by atoms with van der Waals surface area (Å²) < 4.78 is 15.9. The number of halogens is 1. The summed E-state index contributed by atoms with van der Waals surface area (Å²) in [4.78, 5) is 4.27. The van der Waals surface area contributed by atoms with Crippen molar-refractivity contribution < 1.29 is 14.2 Å². The van der Waals surface area contributed by atoms with Gasteiger partial charge in [-0.3, -0.25) is 0 Å². The van der Waals surface area contributed by atoms with Crippen molar-refractivity contribution in [3.05, 3.63) is 17.8 Å². The van der Waals surface area contributed by atoms with Gasteiger partial charge in [0.15, 0.2) is 5.75 Å². The highest BCUT2D eigenvalue weighted by Gasteiger charge is 2.12. The van der Waals surface area contributed by atoms with Gasteiger partial charge in [0.2, 0.25) is 0 Å². The molecule has 5 nitrogen and oxygen atoms in total. The topological polar surface area (TPSA) is 66.6 Å². The van der Waals surface area contributed by atoms with Crippen molar-refractivity contribution in [1.82, 2.24) is 4.98 Å². The molecule has 0 bridgehead atoms. The first-order valence-electron chi connectivity index (χ1n) is 6.98. The first-order valence-corrected chi connectivity index (χ1v) is 6.98. The number of rotatable bonds is 9. The number of nitrogens with two attached hydrogens (primary N) is 1. The van der Waals surface area contributed by atoms with Crippen LogP contribution in [0.1, 0.15) is 25.8 Å². The Morgan fingerprint density at radius 1 is 1.24 bits per heavy atom. The average Bonchev–Trinajstić information content (AvgIpc) is 2.43. The van der Waals surface area contributed by atoms with Crippen LogP contribution in [0, 0.1) is 5.92 Å². The predicted octanol–water partition coefficient (Wildman–Crippen LogP) is 2.45. The Hall–Kier alpha value is -1.04. The van der Waals surface area contributed by atoms with E-state index in [1.807, 2.05) is 6.07 Å². The Kier molecular flexibility index (Phi) is 10.1. The molecule has 6 heteroatoms. The van der Waals surface area contributed by atoms with Crippen LogP contribution in [0.15, 0.2) is 12.3 Å². The fraction of sp³-hybridized carbons (Fsp3) is 0.667. The van der Waals surface area contributed by atoms with E-state index in [-0.39, 0.29) is 18.4 Å². The third kappa shape index (κ3) is 6.98. The number of nitrogens with zero attached hydrogens (tertiary/aromatic N) is 1. The van der Waals surface area contributed by atoms with Gasteiger partial charge in [-0.15, -0.1) is 12.4 Å². The Bertz CT molecular complexity index is 403. The van der Waals surface area contributed by atoms with Crippen LogP contribution in [0.2, 0.25) is 0 Å². The normalized spacial score (nSPS) is 11.9. The summed E-state index contributed by atoms with van der Waals surface area (Å²) in [6, 6.07) is 2.08. The molecule has 1 heterocycles. The van der Waals surface area contributed by atoms with Gasteiger partial charge in [-0.2, -0.15) is 0 Å². The van der Waals surface area contributed by atoms with Crippen LogP contribution in [0.4, 0.5) is 0 Å². The minimum Gasteiger partial charge on any atom is -0.488 e. The highest BCUT2D eigenvalue weighted by Crippen LogP contribution is 2.26. The first kappa shape index (κ1) is 20.0. The second-order valence-corrected chi connectivity index (χ2v) is 5.16. The van der Waals surface area contributed by atoms with E-state index in [4.69, 9.17) is 19.9 Å². The van der Waals surface area contributed by atoms with Crippen molar-refractivity contribution in [1.29, 1.82) is 0 Å². The molecule has 1 aromatic heterocycles. The molecule has 0 saturated heterocycles. The van der Waals surface area contributed by atoms with Crippen LogP contribution in [-0.2, 0) is 11.2 Å². The molecule has 21 heavy (non-hydrogen) atoms. The lowest BCUT2D eigenvalue weighted by Gasteiger charge is -2.16. The molecular weight excluding hydrogens is 292 g/mol. The number of aromatic nitrogens is 1. The molecule has 0 aromatic carbocycles. The van der Waals surface area contributed by atoms with E-state index in [0.717, 1.165) is 18.4 Å². The third-order valence-corrected chi connectivity index (χ3v) is 3.15. The third-order valence-electron chi connectivity index (χ3n) is 3.15. The summed E-state index contributed by atoms with van der Waals surface area (Å²) in [5.41, 5.74) is 7.16. The van der Waals surface area contributed by atoms with Gasteiger partial charge in [0.25, 0.3) is 5.88 Å². The van der Waals surface area contributed by atoms with E-state index in [9.17, 15) is 0 Å². The number of hydrogen-bond acceptors (Lipinski definition) is 5. The molecular formula is C15H27ClN2O3. The van der Waals surface area contributed by atoms with Gasteiger partial charge < -0.3 is 19.9 Å². The van der Waals surface area contributed by atoms with Crippen LogP contribution < -0.4 is 15.2 Å². The maximum atomic E-state index is 6.09. The van der Waals surface area contributed by atoms with Gasteiger partial charge in [0, 0.05) is 32.4 Å². The molecule has 0 fully saturated rings. The molecule has 0 aliphatic heterocycles. The lowest BCUT2D eigenvalue weighted by molar-refractivity contribution is 0.170. The quantitative estimate of drug-likeness (QED) is 0.708. The molecule has 1 rings (SSSR count). The van der Waals surface area contributed by atoms with Gasteiger partial charge in [-0.05, 0) is 24.0 Å². The van der Waals surface area contributed by atoms with E-state index in [1.165, 1.54) is 0 Å². The van der Waals surface area contributed by atoms with Crippen LogP contribution in [0.25, 0.3) is 0 Å². The largest absolute Gasteiger partial charge is 0.488 e. The average molecular weight is 319 g/mol. The van der Waals surface area contributed by atoms with Crippen LogP contribution >= 0.6 is 12.4 Å². The van der Waals surface area contributed by atoms with Crippen molar-refractivity contribution >= 4 is 12.4 Å². The van der Waals surface area contributed by atoms with Crippen molar-refractivity contribution in [2.75, 3.05) is 27.4 Å². The molecule has 0 aliphatic rings. The first-order chi connectivity index (χ1) is 9.58. The van der Waals surface area contributed by atoms with Crippen molar-refractivity contribution in [3.63, 3.8) is 0 Å². The smallest absolute Gasteiger partial charge is 0.256 e. The number of pyridine rings is 1. The van der Waals surface area contributed by atoms with E-state index >= 15 is 0 Å². The Labute approximate surface area is 133 Å². The second kappa shape index (κ2) is 10.7. The van der Waals surface area contributed by atoms with Gasteiger partial charge in [0.1, 0.15) is 0 Å². The summed E-state index contributed by atoms with van der Waals surface area (Å²) in [7, 11) is 3.26.